The average Bonchev–Trinajstić information content (AvgIpc) is 3.50. The number of hydrogen-bond acceptors (Lipinski definition) is 6. The Morgan fingerprint density at radius 2 is 1.82 bits per heavy atom. The Morgan fingerprint density at radius 3 is 2.47 bits per heavy atom. The quantitative estimate of drug-likeness (QED) is 0.253. The molecule has 0 spiro atoms. The number of primary amides is 1. The fourth-order valence-corrected chi connectivity index (χ4v) is 5.96. The van der Waals surface area contributed by atoms with Crippen LogP contribution in [0.5, 0.6) is 0 Å². The van der Waals surface area contributed by atoms with E-state index in [2.05, 4.69) is 4.98 Å². The van der Waals surface area contributed by atoms with Crippen molar-refractivity contribution in [1.82, 2.24) is 19.4 Å². The monoisotopic (exact) mass is 644 g/mol. The number of fused-ring (bicyclic) bond motifs is 2. The van der Waals surface area contributed by atoms with Crippen LogP contribution in [0.2, 0.25) is 5.02 Å². The van der Waals surface area contributed by atoms with Crippen LogP contribution in [-0.4, -0.2) is 67.6 Å². The maximum atomic E-state index is 13.8. The zero-order valence-corrected chi connectivity index (χ0v) is 24.1. The maximum absolute atomic E-state index is 13.8. The van der Waals surface area contributed by atoms with E-state index < -0.39 is 41.7 Å². The first-order valence-electron chi connectivity index (χ1n) is 13.9. The van der Waals surface area contributed by atoms with Crippen LogP contribution in [-0.2, 0) is 28.9 Å². The summed E-state index contributed by atoms with van der Waals surface area (Å²) in [6.45, 7) is 0.527. The fraction of sp³-hybridized carbons (Fsp3) is 0.300. The molecule has 1 saturated heterocycles. The number of halogens is 5. The number of nitrogens with zero attached hydrogens (tertiary/aromatic N) is 5. The predicted octanol–water partition coefficient (Wildman–Crippen LogP) is 4.65. The number of carbonyl (C=O) groups is 3. The van der Waals surface area contributed by atoms with Crippen LogP contribution in [0.4, 0.5) is 23.4 Å². The number of amides is 2. The first-order chi connectivity index (χ1) is 21.3. The van der Waals surface area contributed by atoms with Gasteiger partial charge in [-0.1, -0.05) is 29.8 Å². The van der Waals surface area contributed by atoms with Crippen molar-refractivity contribution in [3.8, 4) is 11.1 Å². The van der Waals surface area contributed by atoms with Gasteiger partial charge in [-0.2, -0.15) is 13.2 Å². The van der Waals surface area contributed by atoms with Gasteiger partial charge in [-0.25, -0.2) is 14.4 Å². The van der Waals surface area contributed by atoms with Crippen LogP contribution in [0.25, 0.3) is 22.3 Å². The molecule has 0 saturated carbocycles. The number of aliphatic carboxylic acids is 1. The van der Waals surface area contributed by atoms with Gasteiger partial charge in [-0.05, 0) is 41.8 Å². The van der Waals surface area contributed by atoms with Gasteiger partial charge >= 0.3 is 12.1 Å². The van der Waals surface area contributed by atoms with Gasteiger partial charge in [0.05, 0.1) is 31.5 Å². The van der Waals surface area contributed by atoms with Crippen LogP contribution < -0.4 is 10.6 Å². The Morgan fingerprint density at radius 1 is 1.09 bits per heavy atom. The number of imidazole rings is 1. The zero-order valence-electron chi connectivity index (χ0n) is 23.4. The molecule has 0 unspecified atom stereocenters. The number of rotatable bonds is 9. The zero-order chi connectivity index (χ0) is 32.2. The van der Waals surface area contributed by atoms with Gasteiger partial charge in [0.25, 0.3) is 5.91 Å². The summed E-state index contributed by atoms with van der Waals surface area (Å²) in [6, 6.07) is 8.75. The van der Waals surface area contributed by atoms with E-state index >= 15 is 0 Å². The van der Waals surface area contributed by atoms with Crippen LogP contribution in [0, 0.1) is 0 Å². The summed E-state index contributed by atoms with van der Waals surface area (Å²) in [5.41, 5.74) is 7.85. The molecule has 1 atom stereocenters. The lowest BCUT2D eigenvalue weighted by Crippen LogP contribution is -2.48. The van der Waals surface area contributed by atoms with Gasteiger partial charge in [0.2, 0.25) is 5.91 Å². The van der Waals surface area contributed by atoms with E-state index in [1.165, 1.54) is 17.3 Å². The number of carboxylic acids is 1. The molecule has 6 rings (SSSR count). The second-order valence-electron chi connectivity index (χ2n) is 11.0. The van der Waals surface area contributed by atoms with E-state index in [9.17, 15) is 31.9 Å². The first kappa shape index (κ1) is 30.3. The minimum Gasteiger partial charge on any atom is -0.481 e. The molecule has 3 N–H and O–H groups in total. The summed E-state index contributed by atoms with van der Waals surface area (Å²) in [7, 11) is 0. The highest BCUT2D eigenvalue weighted by atomic mass is 35.5. The van der Waals surface area contributed by atoms with Crippen LogP contribution in [0.1, 0.15) is 39.9 Å². The number of aromatic nitrogens is 3. The number of benzene rings is 2. The van der Waals surface area contributed by atoms with Crippen molar-refractivity contribution in [3.63, 3.8) is 0 Å². The van der Waals surface area contributed by atoms with Crippen molar-refractivity contribution in [2.45, 2.75) is 44.3 Å². The third kappa shape index (κ3) is 5.77. The SMILES string of the molecule is NC(=O)[C@H](CCC(=O)O)N1Cc2cc(Cn3cnc4c(-c5ccc(C(F)(F)F)cc5Cl)cc(N5CC(F)C5)nc43)ccc2C1=O. The lowest BCUT2D eigenvalue weighted by atomic mass is 10.0. The molecule has 15 heteroatoms. The number of nitrogens with two attached hydrogens (primary N) is 1. The van der Waals surface area contributed by atoms with Gasteiger partial charge in [0, 0.05) is 34.7 Å². The maximum Gasteiger partial charge on any atom is 0.416 e. The standard InChI is InChI=1S/C30H25ClF4N6O4/c31-22-8-17(30(33,34)35)2-4-20(22)21-9-24(39-12-18(32)13-39)38-28-26(21)37-14-40(28)10-15-1-3-19-16(7-15)11-41(29(19)45)23(27(36)44)5-6-25(42)43/h1-4,7-9,14,18,23H,5-6,10-13H2,(H2,36,44)(H,42,43)/t23-/m0/s1. The summed E-state index contributed by atoms with van der Waals surface area (Å²) in [5, 5.41) is 8.91. The number of pyridine rings is 1. The Hall–Kier alpha value is -4.72. The molecular weight excluding hydrogens is 620 g/mol. The highest BCUT2D eigenvalue weighted by Crippen LogP contribution is 2.39. The first-order valence-corrected chi connectivity index (χ1v) is 14.2. The van der Waals surface area contributed by atoms with E-state index in [4.69, 9.17) is 27.4 Å². The molecule has 234 valence electrons. The van der Waals surface area contributed by atoms with Gasteiger partial charge in [-0.15, -0.1) is 0 Å². The van der Waals surface area contributed by atoms with Crippen molar-refractivity contribution in [2.75, 3.05) is 18.0 Å². The van der Waals surface area contributed by atoms with Gasteiger partial charge < -0.3 is 25.2 Å². The van der Waals surface area contributed by atoms with Crippen molar-refractivity contribution >= 4 is 46.4 Å². The lowest BCUT2D eigenvalue weighted by Gasteiger charge is -2.35. The molecule has 0 radical (unpaired) electrons. The van der Waals surface area contributed by atoms with Gasteiger partial charge in [-0.3, -0.25) is 14.4 Å². The second kappa shape index (κ2) is 11.3. The number of hydrogen-bond donors (Lipinski definition) is 2. The summed E-state index contributed by atoms with van der Waals surface area (Å²) >= 11 is 6.35. The van der Waals surface area contributed by atoms with Crippen molar-refractivity contribution < 1.29 is 37.1 Å². The van der Waals surface area contributed by atoms with E-state index in [0.717, 1.165) is 17.7 Å². The van der Waals surface area contributed by atoms with Crippen molar-refractivity contribution in [2.24, 2.45) is 5.73 Å². The Balaban J connectivity index is 1.34. The van der Waals surface area contributed by atoms with E-state index in [-0.39, 0.29) is 44.0 Å². The number of carbonyl (C=O) groups excluding carboxylic acids is 2. The summed E-state index contributed by atoms with van der Waals surface area (Å²) in [4.78, 5) is 48.4. The molecule has 2 aromatic carbocycles. The third-order valence-electron chi connectivity index (χ3n) is 8.00. The molecule has 4 aromatic rings. The van der Waals surface area contributed by atoms with Crippen LogP contribution in [0.15, 0.2) is 48.8 Å². The average molecular weight is 645 g/mol. The molecule has 2 aliphatic rings. The molecule has 10 nitrogen and oxygen atoms in total. The number of carboxylic acid groups (broad SMARTS) is 1. The normalized spacial score (nSPS) is 15.8. The van der Waals surface area contributed by atoms with E-state index in [0.29, 0.717) is 39.2 Å². The molecule has 2 aromatic heterocycles. The smallest absolute Gasteiger partial charge is 0.416 e. The lowest BCUT2D eigenvalue weighted by molar-refractivity contribution is -0.138. The highest BCUT2D eigenvalue weighted by Gasteiger charge is 2.36. The minimum absolute atomic E-state index is 0.0677. The molecule has 4 heterocycles. The molecule has 1 fully saturated rings. The molecule has 45 heavy (non-hydrogen) atoms. The minimum atomic E-state index is -4.58. The van der Waals surface area contributed by atoms with E-state index in [1.54, 1.807) is 33.7 Å². The Kier molecular flexibility index (Phi) is 7.63. The molecule has 2 aliphatic heterocycles. The summed E-state index contributed by atoms with van der Waals surface area (Å²) in [5.74, 6) is -1.92. The summed E-state index contributed by atoms with van der Waals surface area (Å²) < 4.78 is 55.4. The Bertz CT molecular complexity index is 1860. The summed E-state index contributed by atoms with van der Waals surface area (Å²) in [6.07, 6.45) is -4.52. The third-order valence-corrected chi connectivity index (χ3v) is 8.31. The largest absolute Gasteiger partial charge is 0.481 e. The molecule has 2 amide bonds. The number of anilines is 1. The highest BCUT2D eigenvalue weighted by molar-refractivity contribution is 6.33. The topological polar surface area (TPSA) is 135 Å². The second-order valence-corrected chi connectivity index (χ2v) is 11.4. The van der Waals surface area contributed by atoms with Crippen molar-refractivity contribution in [1.29, 1.82) is 0 Å². The van der Waals surface area contributed by atoms with Gasteiger partial charge in [0.15, 0.2) is 5.65 Å². The van der Waals surface area contributed by atoms with Crippen molar-refractivity contribution in [3.05, 3.63) is 76.1 Å². The van der Waals surface area contributed by atoms with Crippen LogP contribution in [0.3, 0.4) is 0 Å². The van der Waals surface area contributed by atoms with Gasteiger partial charge in [0.1, 0.15) is 23.5 Å². The molecule has 0 bridgehead atoms. The molecular formula is C30H25ClF4N6O4. The van der Waals surface area contributed by atoms with E-state index in [1.807, 2.05) is 0 Å². The predicted molar refractivity (Wildman–Crippen MR) is 155 cm³/mol. The fourth-order valence-electron chi connectivity index (χ4n) is 5.68. The van der Waals surface area contributed by atoms with Crippen LogP contribution >= 0.6 is 11.6 Å². The molecule has 0 aliphatic carbocycles. The number of alkyl halides is 4. The Labute approximate surface area is 258 Å².